The summed E-state index contributed by atoms with van der Waals surface area (Å²) >= 11 is 0. The third-order valence-electron chi connectivity index (χ3n) is 5.58. The van der Waals surface area contributed by atoms with E-state index in [1.165, 1.54) is 15.7 Å². The summed E-state index contributed by atoms with van der Waals surface area (Å²) in [5.74, 6) is -0.552. The van der Waals surface area contributed by atoms with Gasteiger partial charge in [0.1, 0.15) is 0 Å². The molecule has 1 saturated heterocycles. The number of para-hydroxylation sites is 2. The fraction of sp³-hybridized carbons (Fsp3) is 0.409. The molecule has 4 rings (SSSR count). The Balaban J connectivity index is 1.44. The van der Waals surface area contributed by atoms with E-state index in [0.717, 1.165) is 32.5 Å². The van der Waals surface area contributed by atoms with Crippen LogP contribution in [0.3, 0.4) is 0 Å². The number of alkyl halides is 3. The molecule has 148 valence electrons. The molecule has 1 aliphatic rings. The lowest BCUT2D eigenvalue weighted by molar-refractivity contribution is -0.147. The number of halogens is 3. The number of hydrogen-bond donors (Lipinski definition) is 0. The maximum absolute atomic E-state index is 13.5. The molecular weight excluding hydrogens is 363 g/mol. The zero-order chi connectivity index (χ0) is 19.7. The Bertz CT molecular complexity index is 936. The van der Waals surface area contributed by atoms with Crippen LogP contribution in [-0.4, -0.2) is 27.5 Å². The van der Waals surface area contributed by atoms with Gasteiger partial charge in [0.05, 0.1) is 11.0 Å². The average molecular weight is 387 g/mol. The summed E-state index contributed by atoms with van der Waals surface area (Å²) in [6.45, 7) is 5.16. The number of piperidine rings is 1. The molecule has 0 bridgehead atoms. The predicted octanol–water partition coefficient (Wildman–Crippen LogP) is 5.28. The Morgan fingerprint density at radius 2 is 1.68 bits per heavy atom. The summed E-state index contributed by atoms with van der Waals surface area (Å²) in [5.41, 5.74) is 3.50. The fourth-order valence-corrected chi connectivity index (χ4v) is 4.01. The smallest absolute Gasteiger partial charge is 0.320 e. The monoisotopic (exact) mass is 387 g/mol. The van der Waals surface area contributed by atoms with Crippen LogP contribution in [0.1, 0.15) is 29.8 Å². The van der Waals surface area contributed by atoms with E-state index in [0.29, 0.717) is 17.6 Å². The van der Waals surface area contributed by atoms with E-state index < -0.39 is 12.0 Å². The van der Waals surface area contributed by atoms with Gasteiger partial charge in [-0.2, -0.15) is 13.2 Å². The van der Waals surface area contributed by atoms with Crippen LogP contribution in [0, 0.1) is 12.8 Å². The number of nitrogens with zero attached hydrogens (tertiary/aromatic N) is 3. The second-order valence-corrected chi connectivity index (χ2v) is 7.74. The number of benzene rings is 2. The van der Waals surface area contributed by atoms with Gasteiger partial charge in [0.25, 0.3) is 0 Å². The number of aromatic nitrogens is 2. The second kappa shape index (κ2) is 7.59. The number of fused-ring (bicyclic) bond motifs is 1. The molecule has 2 aromatic carbocycles. The molecule has 1 aromatic heterocycles. The highest BCUT2D eigenvalue weighted by molar-refractivity contribution is 5.76. The van der Waals surface area contributed by atoms with E-state index in [1.807, 2.05) is 0 Å². The quantitative estimate of drug-likeness (QED) is 0.608. The molecule has 28 heavy (non-hydrogen) atoms. The highest BCUT2D eigenvalue weighted by atomic mass is 19.4. The van der Waals surface area contributed by atoms with Crippen molar-refractivity contribution in [3.8, 4) is 0 Å². The van der Waals surface area contributed by atoms with Crippen LogP contribution in [0.2, 0.25) is 0 Å². The van der Waals surface area contributed by atoms with Crippen LogP contribution in [-0.2, 0) is 19.3 Å². The minimum atomic E-state index is -4.44. The Hall–Kier alpha value is -2.34. The molecule has 0 aliphatic carbocycles. The molecule has 6 heteroatoms. The molecule has 0 saturated carbocycles. The summed E-state index contributed by atoms with van der Waals surface area (Å²) in [4.78, 5) is 6.24. The van der Waals surface area contributed by atoms with Gasteiger partial charge in [-0.05, 0) is 56.5 Å². The van der Waals surface area contributed by atoms with Crippen LogP contribution in [0.4, 0.5) is 13.2 Å². The molecule has 0 unspecified atom stereocenters. The summed E-state index contributed by atoms with van der Waals surface area (Å²) in [6.07, 6.45) is -2.64. The molecule has 3 nitrogen and oxygen atoms in total. The molecule has 0 radical (unpaired) electrons. The number of rotatable bonds is 4. The third kappa shape index (κ3) is 4.07. The standard InChI is InChI=1S/C22H24F3N3/c1-16-6-8-17(9-7-16)14-27-12-10-18(11-13-27)15-28-20-5-3-2-4-19(20)26-21(28)22(23,24)25/h2-9,18H,10-15H2,1H3. The van der Waals surface area contributed by atoms with Crippen molar-refractivity contribution in [1.29, 1.82) is 0 Å². The van der Waals surface area contributed by atoms with Crippen molar-refractivity contribution in [2.45, 2.75) is 39.0 Å². The fourth-order valence-electron chi connectivity index (χ4n) is 4.01. The highest BCUT2D eigenvalue weighted by Crippen LogP contribution is 2.33. The Kier molecular flexibility index (Phi) is 5.15. The highest BCUT2D eigenvalue weighted by Gasteiger charge is 2.38. The topological polar surface area (TPSA) is 21.1 Å². The third-order valence-corrected chi connectivity index (χ3v) is 5.58. The van der Waals surface area contributed by atoms with Crippen molar-refractivity contribution < 1.29 is 13.2 Å². The van der Waals surface area contributed by atoms with Gasteiger partial charge < -0.3 is 4.57 Å². The molecule has 0 N–H and O–H groups in total. The van der Waals surface area contributed by atoms with Gasteiger partial charge >= 0.3 is 6.18 Å². The second-order valence-electron chi connectivity index (χ2n) is 7.74. The van der Waals surface area contributed by atoms with E-state index in [9.17, 15) is 13.2 Å². The molecule has 0 amide bonds. The Morgan fingerprint density at radius 1 is 1.00 bits per heavy atom. The van der Waals surface area contributed by atoms with Crippen molar-refractivity contribution in [1.82, 2.24) is 14.5 Å². The van der Waals surface area contributed by atoms with Gasteiger partial charge in [-0.3, -0.25) is 4.90 Å². The first kappa shape index (κ1) is 19.0. The van der Waals surface area contributed by atoms with Crippen molar-refractivity contribution in [2.75, 3.05) is 13.1 Å². The largest absolute Gasteiger partial charge is 0.449 e. The molecule has 0 spiro atoms. The Labute approximate surface area is 162 Å². The summed E-state index contributed by atoms with van der Waals surface area (Å²) in [5, 5.41) is 0. The van der Waals surface area contributed by atoms with Crippen LogP contribution < -0.4 is 0 Å². The van der Waals surface area contributed by atoms with Crippen molar-refractivity contribution in [2.24, 2.45) is 5.92 Å². The van der Waals surface area contributed by atoms with Gasteiger partial charge in [-0.15, -0.1) is 0 Å². The van der Waals surface area contributed by atoms with Crippen LogP contribution >= 0.6 is 0 Å². The molecule has 2 heterocycles. The van der Waals surface area contributed by atoms with Crippen molar-refractivity contribution in [3.05, 3.63) is 65.5 Å². The minimum Gasteiger partial charge on any atom is -0.320 e. The lowest BCUT2D eigenvalue weighted by Gasteiger charge is -2.32. The average Bonchev–Trinajstić information content (AvgIpc) is 3.04. The maximum atomic E-state index is 13.5. The van der Waals surface area contributed by atoms with Crippen LogP contribution in [0.25, 0.3) is 11.0 Å². The normalized spacial score (nSPS) is 16.7. The lowest BCUT2D eigenvalue weighted by atomic mass is 9.96. The van der Waals surface area contributed by atoms with Crippen molar-refractivity contribution in [3.63, 3.8) is 0 Å². The maximum Gasteiger partial charge on any atom is 0.449 e. The molecule has 3 aromatic rings. The SMILES string of the molecule is Cc1ccc(CN2CCC(Cn3c(C(F)(F)F)nc4ccccc43)CC2)cc1. The number of imidazole rings is 1. The first-order valence-corrected chi connectivity index (χ1v) is 9.70. The number of likely N-dealkylation sites (tertiary alicyclic amines) is 1. The first-order valence-electron chi connectivity index (χ1n) is 9.70. The van der Waals surface area contributed by atoms with E-state index in [1.54, 1.807) is 24.3 Å². The lowest BCUT2D eigenvalue weighted by Crippen LogP contribution is -2.35. The predicted molar refractivity (Wildman–Crippen MR) is 104 cm³/mol. The Morgan fingerprint density at radius 3 is 2.36 bits per heavy atom. The molecule has 1 fully saturated rings. The zero-order valence-electron chi connectivity index (χ0n) is 15.9. The number of aryl methyl sites for hydroxylation is 1. The first-order chi connectivity index (χ1) is 13.4. The van der Waals surface area contributed by atoms with Gasteiger partial charge in [-0.25, -0.2) is 4.98 Å². The molecule has 0 atom stereocenters. The minimum absolute atomic E-state index is 0.230. The van der Waals surface area contributed by atoms with Crippen molar-refractivity contribution >= 4 is 11.0 Å². The summed E-state index contributed by atoms with van der Waals surface area (Å²) < 4.78 is 41.8. The number of hydrogen-bond acceptors (Lipinski definition) is 2. The van der Waals surface area contributed by atoms with Gasteiger partial charge in [0, 0.05) is 13.1 Å². The van der Waals surface area contributed by atoms with Gasteiger partial charge in [0.2, 0.25) is 5.82 Å². The summed E-state index contributed by atoms with van der Waals surface area (Å²) in [6, 6.07) is 15.4. The van der Waals surface area contributed by atoms with E-state index in [4.69, 9.17) is 0 Å². The van der Waals surface area contributed by atoms with Crippen LogP contribution in [0.5, 0.6) is 0 Å². The molecular formula is C22H24F3N3. The van der Waals surface area contributed by atoms with E-state index >= 15 is 0 Å². The van der Waals surface area contributed by atoms with Gasteiger partial charge in [0.15, 0.2) is 0 Å². The van der Waals surface area contributed by atoms with E-state index in [2.05, 4.69) is 41.1 Å². The van der Waals surface area contributed by atoms with Gasteiger partial charge in [-0.1, -0.05) is 42.0 Å². The van der Waals surface area contributed by atoms with E-state index in [-0.39, 0.29) is 5.92 Å². The molecule has 1 aliphatic heterocycles. The summed E-state index contributed by atoms with van der Waals surface area (Å²) in [7, 11) is 0. The zero-order valence-corrected chi connectivity index (χ0v) is 15.9. The van der Waals surface area contributed by atoms with Crippen LogP contribution in [0.15, 0.2) is 48.5 Å².